The van der Waals surface area contributed by atoms with E-state index in [9.17, 15) is 9.18 Å². The number of thioether (sulfide) groups is 1. The van der Waals surface area contributed by atoms with Crippen molar-refractivity contribution in [2.45, 2.75) is 38.1 Å². The minimum Gasteiger partial charge on any atom is -0.293 e. The summed E-state index contributed by atoms with van der Waals surface area (Å²) < 4.78 is 12.9. The maximum absolute atomic E-state index is 12.9. The average molecular weight is 304 g/mol. The standard InChI is InChI=1S/C16H17FN2OS/c1-9-10(2)18-16(19-11(9)3)21-12(4)15(20)13-5-7-14(17)8-6-13/h5-8,12H,1-4H3/t12-/m1/s1. The van der Waals surface area contributed by atoms with Gasteiger partial charge in [-0.25, -0.2) is 14.4 Å². The van der Waals surface area contributed by atoms with E-state index in [4.69, 9.17) is 0 Å². The molecule has 21 heavy (non-hydrogen) atoms. The van der Waals surface area contributed by atoms with Crippen molar-refractivity contribution in [3.8, 4) is 0 Å². The third-order valence-electron chi connectivity index (χ3n) is 3.39. The number of nitrogens with zero attached hydrogens (tertiary/aromatic N) is 2. The van der Waals surface area contributed by atoms with E-state index in [1.807, 2.05) is 27.7 Å². The van der Waals surface area contributed by atoms with Crippen LogP contribution in [0, 0.1) is 26.6 Å². The molecule has 2 rings (SSSR count). The Hall–Kier alpha value is -1.75. The molecular formula is C16H17FN2OS. The molecule has 3 nitrogen and oxygen atoms in total. The number of carbonyl (C=O) groups excluding carboxylic acids is 1. The maximum atomic E-state index is 12.9. The van der Waals surface area contributed by atoms with Gasteiger partial charge < -0.3 is 0 Å². The number of aryl methyl sites for hydroxylation is 2. The average Bonchev–Trinajstić information content (AvgIpc) is 2.44. The number of Topliss-reactive ketones (excluding diaryl/α,β-unsaturated/α-hetero) is 1. The molecule has 0 unspecified atom stereocenters. The Kier molecular flexibility index (Phi) is 4.73. The summed E-state index contributed by atoms with van der Waals surface area (Å²) in [6.07, 6.45) is 0. The smallest absolute Gasteiger partial charge is 0.188 e. The SMILES string of the molecule is Cc1nc(S[C@H](C)C(=O)c2ccc(F)cc2)nc(C)c1C. The summed E-state index contributed by atoms with van der Waals surface area (Å²) in [5.74, 6) is -0.403. The van der Waals surface area contributed by atoms with Gasteiger partial charge in [0.05, 0.1) is 5.25 Å². The molecule has 0 aliphatic heterocycles. The van der Waals surface area contributed by atoms with E-state index >= 15 is 0 Å². The molecule has 1 aromatic heterocycles. The van der Waals surface area contributed by atoms with Gasteiger partial charge in [-0.2, -0.15) is 0 Å². The van der Waals surface area contributed by atoms with E-state index in [0.717, 1.165) is 17.0 Å². The Morgan fingerprint density at radius 3 is 2.14 bits per heavy atom. The van der Waals surface area contributed by atoms with Gasteiger partial charge in [-0.1, -0.05) is 11.8 Å². The van der Waals surface area contributed by atoms with Crippen LogP contribution in [0.5, 0.6) is 0 Å². The molecule has 1 atom stereocenters. The Bertz CT molecular complexity index is 647. The second kappa shape index (κ2) is 6.35. The van der Waals surface area contributed by atoms with Crippen molar-refractivity contribution in [3.05, 3.63) is 52.6 Å². The van der Waals surface area contributed by atoms with Crippen molar-refractivity contribution in [1.29, 1.82) is 0 Å². The summed E-state index contributed by atoms with van der Waals surface area (Å²) >= 11 is 1.32. The number of hydrogen-bond acceptors (Lipinski definition) is 4. The van der Waals surface area contributed by atoms with Gasteiger partial charge in [0.1, 0.15) is 5.82 Å². The molecule has 1 heterocycles. The predicted octanol–water partition coefficient (Wildman–Crippen LogP) is 3.90. The molecule has 1 aromatic carbocycles. The molecule has 0 aliphatic carbocycles. The van der Waals surface area contributed by atoms with Crippen LogP contribution >= 0.6 is 11.8 Å². The fourth-order valence-electron chi connectivity index (χ4n) is 1.85. The minimum absolute atomic E-state index is 0.0560. The first kappa shape index (κ1) is 15.6. The minimum atomic E-state index is -0.347. The van der Waals surface area contributed by atoms with Crippen molar-refractivity contribution in [2.75, 3.05) is 0 Å². The molecule has 0 saturated carbocycles. The zero-order valence-corrected chi connectivity index (χ0v) is 13.3. The van der Waals surface area contributed by atoms with Gasteiger partial charge in [-0.05, 0) is 57.5 Å². The van der Waals surface area contributed by atoms with Crippen molar-refractivity contribution < 1.29 is 9.18 Å². The molecule has 0 fully saturated rings. The number of halogens is 1. The van der Waals surface area contributed by atoms with Crippen LogP contribution < -0.4 is 0 Å². The largest absolute Gasteiger partial charge is 0.293 e. The number of carbonyl (C=O) groups is 1. The first-order chi connectivity index (χ1) is 9.88. The fraction of sp³-hybridized carbons (Fsp3) is 0.312. The van der Waals surface area contributed by atoms with Crippen molar-refractivity contribution in [2.24, 2.45) is 0 Å². The zero-order valence-electron chi connectivity index (χ0n) is 12.5. The highest BCUT2D eigenvalue weighted by Crippen LogP contribution is 2.24. The monoisotopic (exact) mass is 304 g/mol. The van der Waals surface area contributed by atoms with E-state index in [2.05, 4.69) is 9.97 Å². The summed E-state index contributed by atoms with van der Waals surface area (Å²) in [5, 5.41) is 0.274. The van der Waals surface area contributed by atoms with Crippen LogP contribution in [0.2, 0.25) is 0 Å². The lowest BCUT2D eigenvalue weighted by Crippen LogP contribution is -2.14. The quantitative estimate of drug-likeness (QED) is 0.488. The lowest BCUT2D eigenvalue weighted by atomic mass is 10.1. The van der Waals surface area contributed by atoms with Gasteiger partial charge in [-0.3, -0.25) is 4.79 Å². The van der Waals surface area contributed by atoms with Gasteiger partial charge in [0.25, 0.3) is 0 Å². The van der Waals surface area contributed by atoms with E-state index in [0.29, 0.717) is 10.7 Å². The van der Waals surface area contributed by atoms with Crippen LogP contribution in [0.15, 0.2) is 29.4 Å². The van der Waals surface area contributed by atoms with Crippen molar-refractivity contribution in [1.82, 2.24) is 9.97 Å². The molecule has 0 spiro atoms. The molecule has 0 amide bonds. The maximum Gasteiger partial charge on any atom is 0.188 e. The van der Waals surface area contributed by atoms with Gasteiger partial charge in [0.2, 0.25) is 0 Å². The summed E-state index contributed by atoms with van der Waals surface area (Å²) in [4.78, 5) is 21.1. The molecule has 0 radical (unpaired) electrons. The molecule has 0 aliphatic rings. The first-order valence-electron chi connectivity index (χ1n) is 6.66. The summed E-state index contributed by atoms with van der Waals surface area (Å²) in [6, 6.07) is 5.59. The van der Waals surface area contributed by atoms with E-state index in [1.54, 1.807) is 0 Å². The molecule has 0 saturated heterocycles. The van der Waals surface area contributed by atoms with Gasteiger partial charge >= 0.3 is 0 Å². The third kappa shape index (κ3) is 3.67. The number of hydrogen-bond donors (Lipinski definition) is 0. The normalized spacial score (nSPS) is 12.2. The van der Waals surface area contributed by atoms with Crippen LogP contribution in [0.3, 0.4) is 0 Å². The number of aromatic nitrogens is 2. The zero-order chi connectivity index (χ0) is 15.6. The molecule has 0 N–H and O–H groups in total. The van der Waals surface area contributed by atoms with Gasteiger partial charge in [0.15, 0.2) is 10.9 Å². The van der Waals surface area contributed by atoms with Crippen LogP contribution in [0.1, 0.15) is 34.2 Å². The topological polar surface area (TPSA) is 42.9 Å². The van der Waals surface area contributed by atoms with Crippen LogP contribution in [-0.2, 0) is 0 Å². The molecule has 0 bridgehead atoms. The molecular weight excluding hydrogens is 287 g/mol. The van der Waals surface area contributed by atoms with Crippen LogP contribution in [-0.4, -0.2) is 21.0 Å². The lowest BCUT2D eigenvalue weighted by molar-refractivity contribution is 0.0994. The summed E-state index contributed by atoms with van der Waals surface area (Å²) in [7, 11) is 0. The van der Waals surface area contributed by atoms with E-state index in [-0.39, 0.29) is 16.9 Å². The highest BCUT2D eigenvalue weighted by atomic mass is 32.2. The fourth-order valence-corrected chi connectivity index (χ4v) is 2.79. The molecule has 110 valence electrons. The van der Waals surface area contributed by atoms with E-state index in [1.165, 1.54) is 36.0 Å². The molecule has 2 aromatic rings. The first-order valence-corrected chi connectivity index (χ1v) is 7.54. The summed E-state index contributed by atoms with van der Waals surface area (Å²) in [5.41, 5.74) is 3.41. The Labute approximate surface area is 128 Å². The third-order valence-corrected chi connectivity index (χ3v) is 4.35. The highest BCUT2D eigenvalue weighted by molar-refractivity contribution is 8.00. The van der Waals surface area contributed by atoms with Crippen molar-refractivity contribution in [3.63, 3.8) is 0 Å². The lowest BCUT2D eigenvalue weighted by Gasteiger charge is -2.11. The predicted molar refractivity (Wildman–Crippen MR) is 82.3 cm³/mol. The van der Waals surface area contributed by atoms with E-state index < -0.39 is 0 Å². The van der Waals surface area contributed by atoms with Crippen molar-refractivity contribution >= 4 is 17.5 Å². The Morgan fingerprint density at radius 2 is 1.62 bits per heavy atom. The number of rotatable bonds is 4. The Balaban J connectivity index is 2.16. The second-order valence-corrected chi connectivity index (χ2v) is 6.24. The van der Waals surface area contributed by atoms with Crippen LogP contribution in [0.25, 0.3) is 0 Å². The summed E-state index contributed by atoms with van der Waals surface area (Å²) in [6.45, 7) is 7.65. The van der Waals surface area contributed by atoms with Gasteiger partial charge in [0, 0.05) is 17.0 Å². The molecule has 5 heteroatoms. The number of ketones is 1. The highest BCUT2D eigenvalue weighted by Gasteiger charge is 2.18. The van der Waals surface area contributed by atoms with Gasteiger partial charge in [-0.15, -0.1) is 0 Å². The Morgan fingerprint density at radius 1 is 1.10 bits per heavy atom. The van der Waals surface area contributed by atoms with Crippen LogP contribution in [0.4, 0.5) is 4.39 Å². The second-order valence-electron chi connectivity index (χ2n) is 4.93. The number of benzene rings is 1.